The molecule has 13 heavy (non-hydrogen) atoms. The fourth-order valence-corrected chi connectivity index (χ4v) is 3.13. The van der Waals surface area contributed by atoms with Crippen molar-refractivity contribution in [1.82, 2.24) is 4.31 Å². The highest BCUT2D eigenvalue weighted by atomic mass is 32.2. The summed E-state index contributed by atoms with van der Waals surface area (Å²) in [6, 6.07) is -0.218. The number of hydrogen-bond acceptors (Lipinski definition) is 3. The van der Waals surface area contributed by atoms with E-state index in [2.05, 4.69) is 6.58 Å². The smallest absolute Gasteiger partial charge is 0.217 e. The first-order chi connectivity index (χ1) is 6.11. The van der Waals surface area contributed by atoms with Crippen LogP contribution in [0.1, 0.15) is 12.8 Å². The summed E-state index contributed by atoms with van der Waals surface area (Å²) in [5.74, 6) is -0.0382. The summed E-state index contributed by atoms with van der Waals surface area (Å²) < 4.78 is 24.5. The van der Waals surface area contributed by atoms with E-state index in [-0.39, 0.29) is 18.4 Å². The molecule has 0 aromatic rings. The highest BCUT2D eigenvalue weighted by Crippen LogP contribution is 2.20. The van der Waals surface area contributed by atoms with Gasteiger partial charge in [-0.05, 0) is 12.8 Å². The molecule has 0 saturated carbocycles. The van der Waals surface area contributed by atoms with Gasteiger partial charge in [0.05, 0.1) is 12.4 Å². The predicted molar refractivity (Wildman–Crippen MR) is 50.8 cm³/mol. The maximum Gasteiger partial charge on any atom is 0.217 e. The molecular weight excluding hydrogens is 190 g/mol. The summed E-state index contributed by atoms with van der Waals surface area (Å²) in [5.41, 5.74) is 0. The Balaban J connectivity index is 2.75. The fraction of sp³-hybridized carbons (Fsp3) is 0.750. The molecule has 0 aliphatic carbocycles. The van der Waals surface area contributed by atoms with Gasteiger partial charge in [0.2, 0.25) is 10.0 Å². The molecule has 0 bridgehead atoms. The van der Waals surface area contributed by atoms with Gasteiger partial charge in [-0.1, -0.05) is 6.08 Å². The van der Waals surface area contributed by atoms with Crippen LogP contribution in [0, 0.1) is 0 Å². The topological polar surface area (TPSA) is 57.6 Å². The molecule has 0 aromatic heterocycles. The molecule has 4 nitrogen and oxygen atoms in total. The summed E-state index contributed by atoms with van der Waals surface area (Å²) in [7, 11) is -3.22. The Morgan fingerprint density at radius 3 is 2.85 bits per heavy atom. The van der Waals surface area contributed by atoms with Crippen molar-refractivity contribution in [2.24, 2.45) is 0 Å². The van der Waals surface area contributed by atoms with Gasteiger partial charge < -0.3 is 5.11 Å². The third kappa shape index (κ3) is 2.30. The molecule has 76 valence electrons. The Kier molecular flexibility index (Phi) is 3.47. The lowest BCUT2D eigenvalue weighted by Crippen LogP contribution is -2.38. The van der Waals surface area contributed by atoms with Crippen LogP contribution in [0.5, 0.6) is 0 Å². The first-order valence-electron chi connectivity index (χ1n) is 4.33. The van der Waals surface area contributed by atoms with Crippen LogP contribution in [-0.4, -0.2) is 42.8 Å². The largest absolute Gasteiger partial charge is 0.395 e. The van der Waals surface area contributed by atoms with Crippen LogP contribution in [-0.2, 0) is 10.0 Å². The van der Waals surface area contributed by atoms with Crippen molar-refractivity contribution in [3.8, 4) is 0 Å². The second kappa shape index (κ2) is 4.21. The zero-order chi connectivity index (χ0) is 9.90. The minimum Gasteiger partial charge on any atom is -0.395 e. The zero-order valence-corrected chi connectivity index (χ0v) is 8.33. The molecule has 0 aromatic carbocycles. The summed E-state index contributed by atoms with van der Waals surface area (Å²) in [4.78, 5) is 0. The van der Waals surface area contributed by atoms with Crippen LogP contribution in [0.4, 0.5) is 0 Å². The van der Waals surface area contributed by atoms with Crippen LogP contribution in [0.25, 0.3) is 0 Å². The molecule has 1 atom stereocenters. The maximum atomic E-state index is 11.5. The average Bonchev–Trinajstić information content (AvgIpc) is 2.51. The number of rotatable bonds is 4. The molecule has 1 rings (SSSR count). The van der Waals surface area contributed by atoms with Gasteiger partial charge >= 0.3 is 0 Å². The highest BCUT2D eigenvalue weighted by Gasteiger charge is 2.32. The van der Waals surface area contributed by atoms with Gasteiger partial charge in [-0.25, -0.2) is 8.42 Å². The number of sulfonamides is 1. The van der Waals surface area contributed by atoms with Crippen LogP contribution in [0.3, 0.4) is 0 Å². The Hall–Kier alpha value is -0.390. The van der Waals surface area contributed by atoms with Crippen molar-refractivity contribution in [3.05, 3.63) is 12.7 Å². The molecular formula is C8H15NO3S. The van der Waals surface area contributed by atoms with Gasteiger partial charge in [-0.2, -0.15) is 4.31 Å². The normalized spacial score (nSPS) is 24.8. The average molecular weight is 205 g/mol. The number of aliphatic hydroxyl groups is 1. The number of hydrogen-bond donors (Lipinski definition) is 1. The standard InChI is InChI=1S/C8H15NO3S/c1-2-6-13(11,12)9-5-3-4-8(9)7-10/h2,8,10H,1,3-7H2. The van der Waals surface area contributed by atoms with Gasteiger partial charge in [0.1, 0.15) is 0 Å². The summed E-state index contributed by atoms with van der Waals surface area (Å²) in [6.45, 7) is 3.84. The Bertz CT molecular complexity index is 273. The highest BCUT2D eigenvalue weighted by molar-refractivity contribution is 7.89. The predicted octanol–water partition coefficient (Wildman–Crippen LogP) is -0.0411. The number of aliphatic hydroxyl groups excluding tert-OH is 1. The Morgan fingerprint density at radius 2 is 2.31 bits per heavy atom. The monoisotopic (exact) mass is 205 g/mol. The van der Waals surface area contributed by atoms with Crippen molar-refractivity contribution in [1.29, 1.82) is 0 Å². The zero-order valence-electron chi connectivity index (χ0n) is 7.52. The lowest BCUT2D eigenvalue weighted by molar-refractivity contribution is 0.214. The van der Waals surface area contributed by atoms with Crippen LogP contribution in [0.15, 0.2) is 12.7 Å². The summed E-state index contributed by atoms with van der Waals surface area (Å²) >= 11 is 0. The van der Waals surface area contributed by atoms with Gasteiger partial charge in [0.25, 0.3) is 0 Å². The van der Waals surface area contributed by atoms with Crippen molar-refractivity contribution in [3.63, 3.8) is 0 Å². The first kappa shape index (κ1) is 10.7. The molecule has 1 unspecified atom stereocenters. The maximum absolute atomic E-state index is 11.5. The first-order valence-corrected chi connectivity index (χ1v) is 5.94. The Morgan fingerprint density at radius 1 is 1.62 bits per heavy atom. The van der Waals surface area contributed by atoms with Crippen LogP contribution >= 0.6 is 0 Å². The molecule has 1 N–H and O–H groups in total. The van der Waals surface area contributed by atoms with E-state index in [1.807, 2.05) is 0 Å². The van der Waals surface area contributed by atoms with Crippen molar-refractivity contribution in [2.45, 2.75) is 18.9 Å². The van der Waals surface area contributed by atoms with Crippen molar-refractivity contribution in [2.75, 3.05) is 18.9 Å². The van der Waals surface area contributed by atoms with E-state index in [1.54, 1.807) is 0 Å². The second-order valence-electron chi connectivity index (χ2n) is 3.16. The lowest BCUT2D eigenvalue weighted by Gasteiger charge is -2.21. The SMILES string of the molecule is C=CCS(=O)(=O)N1CCCC1CO. The third-order valence-electron chi connectivity index (χ3n) is 2.22. The summed E-state index contributed by atoms with van der Waals surface area (Å²) in [6.07, 6.45) is 2.97. The fourth-order valence-electron chi connectivity index (χ4n) is 1.60. The molecule has 1 heterocycles. The molecule has 1 aliphatic rings. The van der Waals surface area contributed by atoms with Gasteiger partial charge in [0.15, 0.2) is 0 Å². The summed E-state index contributed by atoms with van der Waals surface area (Å²) in [5, 5.41) is 8.94. The molecule has 0 radical (unpaired) electrons. The van der Waals surface area contributed by atoms with Gasteiger partial charge in [-0.3, -0.25) is 0 Å². The quantitative estimate of drug-likeness (QED) is 0.655. The van der Waals surface area contributed by atoms with E-state index in [4.69, 9.17) is 5.11 Å². The van der Waals surface area contributed by atoms with Crippen LogP contribution < -0.4 is 0 Å². The van der Waals surface area contributed by atoms with E-state index in [1.165, 1.54) is 10.4 Å². The molecule has 0 amide bonds. The van der Waals surface area contributed by atoms with E-state index in [9.17, 15) is 8.42 Å². The van der Waals surface area contributed by atoms with Crippen LogP contribution in [0.2, 0.25) is 0 Å². The molecule has 5 heteroatoms. The van der Waals surface area contributed by atoms with E-state index >= 15 is 0 Å². The molecule has 1 fully saturated rings. The van der Waals surface area contributed by atoms with Crippen molar-refractivity contribution < 1.29 is 13.5 Å². The van der Waals surface area contributed by atoms with Crippen molar-refractivity contribution >= 4 is 10.0 Å². The molecule has 1 saturated heterocycles. The number of nitrogens with zero attached hydrogens (tertiary/aromatic N) is 1. The minimum absolute atomic E-state index is 0.0382. The lowest BCUT2D eigenvalue weighted by atomic mass is 10.2. The van der Waals surface area contributed by atoms with Gasteiger partial charge in [0, 0.05) is 12.6 Å². The van der Waals surface area contributed by atoms with E-state index < -0.39 is 10.0 Å². The van der Waals surface area contributed by atoms with E-state index in [0.29, 0.717) is 6.54 Å². The third-order valence-corrected chi connectivity index (χ3v) is 4.07. The molecule has 0 spiro atoms. The van der Waals surface area contributed by atoms with Gasteiger partial charge in [-0.15, -0.1) is 6.58 Å². The van der Waals surface area contributed by atoms with E-state index in [0.717, 1.165) is 12.8 Å². The molecule has 1 aliphatic heterocycles. The Labute approximate surface area is 78.9 Å². The minimum atomic E-state index is -3.22. The second-order valence-corrected chi connectivity index (χ2v) is 5.12.